The molecule has 3 aromatic carbocycles. The molecule has 0 bridgehead atoms. The zero-order chi connectivity index (χ0) is 17.9. The van der Waals surface area contributed by atoms with Crippen molar-refractivity contribution in [2.75, 3.05) is 4.72 Å². The second kappa shape index (κ2) is 7.11. The largest absolute Gasteiger partial charge is 0.279 e. The minimum atomic E-state index is -3.63. The molecule has 0 aliphatic carbocycles. The maximum Gasteiger partial charge on any atom is 0.262 e. The van der Waals surface area contributed by atoms with Gasteiger partial charge in [0.05, 0.1) is 10.6 Å². The van der Waals surface area contributed by atoms with Crippen molar-refractivity contribution < 1.29 is 8.42 Å². The van der Waals surface area contributed by atoms with Gasteiger partial charge in [-0.3, -0.25) is 4.72 Å². The second-order valence-corrected chi connectivity index (χ2v) is 7.84. The summed E-state index contributed by atoms with van der Waals surface area (Å²) in [5.41, 5.74) is 4.36. The van der Waals surface area contributed by atoms with Gasteiger partial charge < -0.3 is 0 Å². The predicted octanol–water partition coefficient (Wildman–Crippen LogP) is 4.70. The average Bonchev–Trinajstić information content (AvgIpc) is 2.59. The van der Waals surface area contributed by atoms with E-state index in [0.717, 1.165) is 22.3 Å². The number of aryl methyl sites for hydroxylation is 2. The Kier molecular flexibility index (Phi) is 4.91. The summed E-state index contributed by atoms with van der Waals surface area (Å²) < 4.78 is 28.5. The van der Waals surface area contributed by atoms with Crippen molar-refractivity contribution in [3.05, 3.63) is 95.1 Å². The highest BCUT2D eigenvalue weighted by Gasteiger charge is 2.18. The lowest BCUT2D eigenvalue weighted by Gasteiger charge is -2.14. The van der Waals surface area contributed by atoms with Crippen molar-refractivity contribution in [1.82, 2.24) is 0 Å². The first-order chi connectivity index (χ1) is 12.0. The summed E-state index contributed by atoms with van der Waals surface area (Å²) in [5, 5.41) is 0. The molecule has 0 aliphatic rings. The topological polar surface area (TPSA) is 46.2 Å². The van der Waals surface area contributed by atoms with Crippen molar-refractivity contribution >= 4 is 15.7 Å². The number of rotatable bonds is 5. The van der Waals surface area contributed by atoms with Crippen molar-refractivity contribution in [1.29, 1.82) is 0 Å². The Hall–Kier alpha value is -2.59. The molecule has 0 amide bonds. The third-order valence-electron chi connectivity index (χ3n) is 4.13. The smallest absolute Gasteiger partial charge is 0.262 e. The van der Waals surface area contributed by atoms with Crippen LogP contribution in [-0.4, -0.2) is 8.42 Å². The van der Waals surface area contributed by atoms with Crippen LogP contribution in [0.15, 0.2) is 77.7 Å². The van der Waals surface area contributed by atoms with Crippen LogP contribution in [0, 0.1) is 13.8 Å². The summed E-state index contributed by atoms with van der Waals surface area (Å²) >= 11 is 0. The maximum atomic E-state index is 12.9. The molecule has 0 fully saturated rings. The zero-order valence-electron chi connectivity index (χ0n) is 14.4. The molecule has 25 heavy (non-hydrogen) atoms. The number of nitrogens with one attached hydrogen (secondary N) is 1. The SMILES string of the molecule is Cc1ccc(C)c(S(=O)(=O)Nc2ccccc2Cc2ccccc2)c1. The van der Waals surface area contributed by atoms with E-state index in [2.05, 4.69) is 4.72 Å². The van der Waals surface area contributed by atoms with Crippen LogP contribution >= 0.6 is 0 Å². The first kappa shape index (κ1) is 17.2. The molecule has 0 unspecified atom stereocenters. The molecule has 0 aliphatic heterocycles. The van der Waals surface area contributed by atoms with Crippen LogP contribution in [0.1, 0.15) is 22.3 Å². The van der Waals surface area contributed by atoms with Gasteiger partial charge in [0.15, 0.2) is 0 Å². The number of hydrogen-bond donors (Lipinski definition) is 1. The van der Waals surface area contributed by atoms with Crippen molar-refractivity contribution in [3.63, 3.8) is 0 Å². The van der Waals surface area contributed by atoms with Gasteiger partial charge in [-0.05, 0) is 54.7 Å². The number of sulfonamides is 1. The van der Waals surface area contributed by atoms with Gasteiger partial charge >= 0.3 is 0 Å². The van der Waals surface area contributed by atoms with Crippen molar-refractivity contribution in [2.45, 2.75) is 25.2 Å². The van der Waals surface area contributed by atoms with Crippen LogP contribution in [-0.2, 0) is 16.4 Å². The fraction of sp³-hybridized carbons (Fsp3) is 0.143. The Morgan fingerprint density at radius 3 is 2.28 bits per heavy atom. The van der Waals surface area contributed by atoms with Gasteiger partial charge in [0, 0.05) is 0 Å². The zero-order valence-corrected chi connectivity index (χ0v) is 15.2. The quantitative estimate of drug-likeness (QED) is 0.724. The summed E-state index contributed by atoms with van der Waals surface area (Å²) in [5.74, 6) is 0. The Morgan fingerprint density at radius 1 is 0.840 bits per heavy atom. The standard InChI is InChI=1S/C21H21NO2S/c1-16-12-13-17(2)21(14-16)25(23,24)22-20-11-7-6-10-19(20)15-18-8-4-3-5-9-18/h3-14,22H,15H2,1-2H3. The lowest BCUT2D eigenvalue weighted by Crippen LogP contribution is -2.15. The van der Waals surface area contributed by atoms with E-state index in [-0.39, 0.29) is 0 Å². The van der Waals surface area contributed by atoms with Crippen LogP contribution in [0.2, 0.25) is 0 Å². The molecule has 1 N–H and O–H groups in total. The van der Waals surface area contributed by atoms with E-state index in [1.54, 1.807) is 12.1 Å². The van der Waals surface area contributed by atoms with Crippen LogP contribution in [0.25, 0.3) is 0 Å². The summed E-state index contributed by atoms with van der Waals surface area (Å²) in [7, 11) is -3.63. The molecule has 128 valence electrons. The van der Waals surface area contributed by atoms with E-state index in [9.17, 15) is 8.42 Å². The number of anilines is 1. The molecule has 4 heteroatoms. The highest BCUT2D eigenvalue weighted by Crippen LogP contribution is 2.24. The molecular weight excluding hydrogens is 330 g/mol. The van der Waals surface area contributed by atoms with Gasteiger partial charge in [0.1, 0.15) is 0 Å². The Bertz CT molecular complexity index is 980. The number of benzene rings is 3. The van der Waals surface area contributed by atoms with E-state index >= 15 is 0 Å². The molecule has 0 saturated carbocycles. The highest BCUT2D eigenvalue weighted by atomic mass is 32.2. The first-order valence-electron chi connectivity index (χ1n) is 8.17. The predicted molar refractivity (Wildman–Crippen MR) is 102 cm³/mol. The number of para-hydroxylation sites is 1. The van der Waals surface area contributed by atoms with E-state index in [4.69, 9.17) is 0 Å². The first-order valence-corrected chi connectivity index (χ1v) is 9.66. The van der Waals surface area contributed by atoms with E-state index in [0.29, 0.717) is 17.0 Å². The van der Waals surface area contributed by atoms with Crippen molar-refractivity contribution in [2.24, 2.45) is 0 Å². The van der Waals surface area contributed by atoms with Gasteiger partial charge in [-0.15, -0.1) is 0 Å². The third-order valence-corrected chi connectivity index (χ3v) is 5.64. The second-order valence-electron chi connectivity index (χ2n) is 6.19. The molecule has 0 aromatic heterocycles. The molecule has 0 heterocycles. The molecule has 0 spiro atoms. The summed E-state index contributed by atoms with van der Waals surface area (Å²) in [6.07, 6.45) is 0.673. The van der Waals surface area contributed by atoms with Crippen molar-refractivity contribution in [3.8, 4) is 0 Å². The average molecular weight is 351 g/mol. The minimum absolute atomic E-state index is 0.321. The monoisotopic (exact) mass is 351 g/mol. The summed E-state index contributed by atoms with van der Waals surface area (Å²) in [6.45, 7) is 3.70. The van der Waals surface area contributed by atoms with E-state index < -0.39 is 10.0 Å². The Labute approximate surface area is 149 Å². The lowest BCUT2D eigenvalue weighted by atomic mass is 10.0. The van der Waals surface area contributed by atoms with Crippen LogP contribution in [0.3, 0.4) is 0 Å². The molecule has 3 aromatic rings. The Balaban J connectivity index is 1.94. The summed E-state index contributed by atoms with van der Waals surface area (Å²) in [6, 6.07) is 23.0. The molecule has 0 saturated heterocycles. The van der Waals surface area contributed by atoms with Gasteiger partial charge in [0.25, 0.3) is 10.0 Å². The highest BCUT2D eigenvalue weighted by molar-refractivity contribution is 7.92. The van der Waals surface area contributed by atoms with E-state index in [1.807, 2.05) is 74.5 Å². The fourth-order valence-electron chi connectivity index (χ4n) is 2.79. The number of hydrogen-bond acceptors (Lipinski definition) is 2. The fourth-order valence-corrected chi connectivity index (χ4v) is 4.22. The minimum Gasteiger partial charge on any atom is -0.279 e. The lowest BCUT2D eigenvalue weighted by molar-refractivity contribution is 0.600. The molecule has 0 atom stereocenters. The third kappa shape index (κ3) is 4.09. The van der Waals surface area contributed by atoms with E-state index in [1.165, 1.54) is 0 Å². The van der Waals surface area contributed by atoms with Crippen LogP contribution in [0.4, 0.5) is 5.69 Å². The van der Waals surface area contributed by atoms with Gasteiger partial charge in [0.2, 0.25) is 0 Å². The van der Waals surface area contributed by atoms with Gasteiger partial charge in [-0.25, -0.2) is 8.42 Å². The van der Waals surface area contributed by atoms with Crippen LogP contribution < -0.4 is 4.72 Å². The van der Waals surface area contributed by atoms with Crippen LogP contribution in [0.5, 0.6) is 0 Å². The summed E-state index contributed by atoms with van der Waals surface area (Å²) in [4.78, 5) is 0.321. The molecular formula is C21H21NO2S. The Morgan fingerprint density at radius 2 is 1.52 bits per heavy atom. The van der Waals surface area contributed by atoms with Gasteiger partial charge in [-0.1, -0.05) is 60.7 Å². The normalized spacial score (nSPS) is 11.3. The molecule has 0 radical (unpaired) electrons. The molecule has 3 rings (SSSR count). The molecule has 3 nitrogen and oxygen atoms in total. The van der Waals surface area contributed by atoms with Gasteiger partial charge in [-0.2, -0.15) is 0 Å². The maximum absolute atomic E-state index is 12.9.